The molecule has 264 valence electrons. The summed E-state index contributed by atoms with van der Waals surface area (Å²) in [7, 11) is 5.66. The van der Waals surface area contributed by atoms with Gasteiger partial charge in [-0.15, -0.1) is 0 Å². The maximum atomic E-state index is 5.49. The number of benzene rings is 1. The summed E-state index contributed by atoms with van der Waals surface area (Å²) in [5.41, 5.74) is 7.72. The number of rotatable bonds is 10. The Balaban J connectivity index is 0.000000170. The minimum atomic E-state index is 0.878. The molecule has 9 nitrogen and oxygen atoms in total. The number of ether oxygens (including phenoxy) is 1. The van der Waals surface area contributed by atoms with Crippen LogP contribution in [0.5, 0.6) is 5.75 Å². The molecule has 0 saturated carbocycles. The van der Waals surface area contributed by atoms with Gasteiger partial charge in [-0.3, -0.25) is 9.97 Å². The van der Waals surface area contributed by atoms with Gasteiger partial charge in [0.2, 0.25) is 0 Å². The van der Waals surface area contributed by atoms with Crippen molar-refractivity contribution < 1.29 is 4.74 Å². The van der Waals surface area contributed by atoms with Gasteiger partial charge in [0.15, 0.2) is 0 Å². The molecular weight excluding hydrogens is 633 g/mol. The average molecular weight is 683 g/mol. The van der Waals surface area contributed by atoms with Crippen molar-refractivity contribution in [2.75, 3.05) is 37.5 Å². The predicted octanol–water partition coefficient (Wildman–Crippen LogP) is 7.88. The summed E-state index contributed by atoms with van der Waals surface area (Å²) < 4.78 is 7.59. The molecule has 1 saturated heterocycles. The van der Waals surface area contributed by atoms with Gasteiger partial charge in [0, 0.05) is 92.2 Å². The molecule has 7 rings (SSSR count). The van der Waals surface area contributed by atoms with Crippen LogP contribution in [0.3, 0.4) is 0 Å². The molecule has 0 aliphatic carbocycles. The van der Waals surface area contributed by atoms with Gasteiger partial charge in [0.25, 0.3) is 0 Å². The van der Waals surface area contributed by atoms with Gasteiger partial charge >= 0.3 is 0 Å². The normalized spacial score (nSPS) is 12.0. The lowest BCUT2D eigenvalue weighted by molar-refractivity contribution is 0.407. The van der Waals surface area contributed by atoms with E-state index in [0.717, 1.165) is 101 Å². The first-order chi connectivity index (χ1) is 24.9. The molecule has 6 aromatic rings. The first-order valence-corrected chi connectivity index (χ1v) is 17.7. The summed E-state index contributed by atoms with van der Waals surface area (Å²) in [6.45, 7) is 6.38. The fourth-order valence-electron chi connectivity index (χ4n) is 6.09. The van der Waals surface area contributed by atoms with Crippen LogP contribution in [0, 0.1) is 13.8 Å². The molecule has 1 aliphatic heterocycles. The summed E-state index contributed by atoms with van der Waals surface area (Å²) in [6, 6.07) is 28.4. The van der Waals surface area contributed by atoms with E-state index in [2.05, 4.69) is 79.3 Å². The van der Waals surface area contributed by atoms with Crippen LogP contribution in [0.15, 0.2) is 110 Å². The van der Waals surface area contributed by atoms with Crippen molar-refractivity contribution >= 4 is 11.6 Å². The van der Waals surface area contributed by atoms with Crippen molar-refractivity contribution in [3.63, 3.8) is 0 Å². The van der Waals surface area contributed by atoms with Crippen LogP contribution in [-0.4, -0.2) is 56.7 Å². The number of imidazole rings is 1. The maximum Gasteiger partial charge on any atom is 0.128 e. The third-order valence-electron chi connectivity index (χ3n) is 8.87. The molecule has 0 bridgehead atoms. The molecule has 0 atom stereocenters. The first-order valence-electron chi connectivity index (χ1n) is 17.7. The van der Waals surface area contributed by atoms with Gasteiger partial charge in [-0.25, -0.2) is 15.0 Å². The molecule has 1 fully saturated rings. The van der Waals surface area contributed by atoms with E-state index in [1.807, 2.05) is 75.7 Å². The smallest absolute Gasteiger partial charge is 0.128 e. The lowest BCUT2D eigenvalue weighted by Gasteiger charge is -2.17. The topological polar surface area (TPSA) is 93.9 Å². The van der Waals surface area contributed by atoms with E-state index >= 15 is 0 Å². The van der Waals surface area contributed by atoms with E-state index in [1.54, 1.807) is 19.5 Å². The van der Waals surface area contributed by atoms with E-state index in [-0.39, 0.29) is 0 Å². The molecule has 1 aromatic carbocycles. The standard InChI is InChI=1S/C19H25N3O.C18H20N4.C5H5N/c1-14-13-20-17(15(2)19(14)23-3)10-9-16-7-6-8-18(21-16)22-11-4-5-12-22;1-19-17-10-6-9-15(20-17)11-12-18-21-16(13-22(18)2)14-7-4-3-5-8-14;1-2-4-6-5-3-1/h6-8,13H,4-5,9-12H2,1-3H3;3-10,13H,11-12H2,1-2H3,(H,19,20);1-5H. The highest BCUT2D eigenvalue weighted by atomic mass is 16.5. The predicted molar refractivity (Wildman–Crippen MR) is 207 cm³/mol. The fraction of sp³-hybridized carbons (Fsp3) is 0.310. The van der Waals surface area contributed by atoms with E-state index in [4.69, 9.17) is 14.7 Å². The highest BCUT2D eigenvalue weighted by molar-refractivity contribution is 5.58. The first kappa shape index (κ1) is 36.7. The number of aromatic nitrogens is 6. The van der Waals surface area contributed by atoms with Crippen LogP contribution in [0.4, 0.5) is 11.6 Å². The minimum absolute atomic E-state index is 0.878. The molecule has 5 aromatic heterocycles. The number of nitrogens with one attached hydrogen (secondary N) is 1. The molecule has 6 heterocycles. The third-order valence-corrected chi connectivity index (χ3v) is 8.87. The average Bonchev–Trinajstić information content (AvgIpc) is 3.86. The van der Waals surface area contributed by atoms with Crippen LogP contribution in [0.2, 0.25) is 0 Å². The Bertz CT molecular complexity index is 1890. The monoisotopic (exact) mass is 682 g/mol. The van der Waals surface area contributed by atoms with Gasteiger partial charge in [-0.1, -0.05) is 48.5 Å². The summed E-state index contributed by atoms with van der Waals surface area (Å²) in [5, 5.41) is 3.07. The zero-order chi connectivity index (χ0) is 35.8. The molecule has 0 spiro atoms. The molecule has 51 heavy (non-hydrogen) atoms. The van der Waals surface area contributed by atoms with Crippen LogP contribution in [0.1, 0.15) is 46.9 Å². The summed E-state index contributed by atoms with van der Waals surface area (Å²) in [5.74, 6) is 4.05. The molecule has 0 amide bonds. The second kappa shape index (κ2) is 19.0. The van der Waals surface area contributed by atoms with Crippen molar-refractivity contribution in [2.24, 2.45) is 7.05 Å². The zero-order valence-corrected chi connectivity index (χ0v) is 30.6. The Hall–Kier alpha value is -5.57. The molecule has 0 unspecified atom stereocenters. The quantitative estimate of drug-likeness (QED) is 0.156. The highest BCUT2D eigenvalue weighted by Gasteiger charge is 2.14. The number of nitrogens with zero attached hydrogens (tertiary/aromatic N) is 7. The fourth-order valence-corrected chi connectivity index (χ4v) is 6.09. The Morgan fingerprint density at radius 2 is 1.43 bits per heavy atom. The Labute approximate surface area is 302 Å². The van der Waals surface area contributed by atoms with E-state index in [1.165, 1.54) is 12.8 Å². The Kier molecular flexibility index (Phi) is 13.7. The van der Waals surface area contributed by atoms with Crippen LogP contribution in [0.25, 0.3) is 11.3 Å². The minimum Gasteiger partial charge on any atom is -0.496 e. The van der Waals surface area contributed by atoms with Crippen LogP contribution < -0.4 is 15.0 Å². The molecule has 0 radical (unpaired) electrons. The Morgan fingerprint density at radius 3 is 2.10 bits per heavy atom. The second-order valence-corrected chi connectivity index (χ2v) is 12.5. The summed E-state index contributed by atoms with van der Waals surface area (Å²) in [6.07, 6.45) is 13.6. The van der Waals surface area contributed by atoms with E-state index < -0.39 is 0 Å². The largest absolute Gasteiger partial charge is 0.496 e. The number of anilines is 2. The number of hydrogen-bond donors (Lipinski definition) is 1. The number of methoxy groups -OCH3 is 1. The lowest BCUT2D eigenvalue weighted by atomic mass is 10.1. The van der Waals surface area contributed by atoms with Gasteiger partial charge in [0.1, 0.15) is 23.2 Å². The second-order valence-electron chi connectivity index (χ2n) is 12.5. The van der Waals surface area contributed by atoms with Crippen molar-refractivity contribution in [2.45, 2.75) is 52.4 Å². The number of hydrogen-bond acceptors (Lipinski definition) is 8. The molecule has 1 N–H and O–H groups in total. The highest BCUT2D eigenvalue weighted by Crippen LogP contribution is 2.25. The van der Waals surface area contributed by atoms with Crippen molar-refractivity contribution in [3.8, 4) is 17.0 Å². The third kappa shape index (κ3) is 10.7. The van der Waals surface area contributed by atoms with Crippen LogP contribution in [-0.2, 0) is 32.7 Å². The van der Waals surface area contributed by atoms with Crippen LogP contribution >= 0.6 is 0 Å². The van der Waals surface area contributed by atoms with Gasteiger partial charge in [0.05, 0.1) is 12.8 Å². The number of pyridine rings is 4. The van der Waals surface area contributed by atoms with Gasteiger partial charge in [-0.05, 0) is 82.3 Å². The van der Waals surface area contributed by atoms with Gasteiger partial charge in [-0.2, -0.15) is 0 Å². The zero-order valence-electron chi connectivity index (χ0n) is 30.6. The molecule has 1 aliphatic rings. The van der Waals surface area contributed by atoms with Gasteiger partial charge < -0.3 is 19.5 Å². The SMILES string of the molecule is CNc1cccc(CCc2nc(-c3ccccc3)cn2C)n1.COc1c(C)cnc(CCc2cccc(N3CCCC3)n2)c1C.c1ccncc1. The van der Waals surface area contributed by atoms with Crippen molar-refractivity contribution in [3.05, 3.63) is 144 Å². The molecular formula is C42H50N8O. The number of aryl methyl sites for hydroxylation is 6. The van der Waals surface area contributed by atoms with E-state index in [9.17, 15) is 0 Å². The maximum absolute atomic E-state index is 5.49. The Morgan fingerprint density at radius 1 is 0.745 bits per heavy atom. The van der Waals surface area contributed by atoms with E-state index in [0.29, 0.717) is 0 Å². The van der Waals surface area contributed by atoms with Crippen molar-refractivity contribution in [1.29, 1.82) is 0 Å². The summed E-state index contributed by atoms with van der Waals surface area (Å²) in [4.78, 5) is 24.9. The summed E-state index contributed by atoms with van der Waals surface area (Å²) >= 11 is 0. The molecule has 9 heteroatoms. The van der Waals surface area contributed by atoms with Crippen molar-refractivity contribution in [1.82, 2.24) is 29.5 Å². The lowest BCUT2D eigenvalue weighted by Crippen LogP contribution is -2.19.